The van der Waals surface area contributed by atoms with Gasteiger partial charge in [0, 0.05) is 59.6 Å². The van der Waals surface area contributed by atoms with Crippen molar-refractivity contribution in [3.63, 3.8) is 0 Å². The Labute approximate surface area is 259 Å². The Bertz CT molecular complexity index is 2300. The first-order chi connectivity index (χ1) is 25.0. The molecule has 41 heavy (non-hydrogen) atoms. The van der Waals surface area contributed by atoms with Crippen LogP contribution < -0.4 is 14.8 Å². The molecule has 10 heteroatoms. The maximum atomic E-state index is 13.1. The SMILES string of the molecule is [2H]C([2H])([2H])c1ccccc1S(=O)(=O)NC(=O)c1ccc(C([2H])([2H])c2cn(C)c3ccc(NC(=O)OC4([2H])C([2H])([2H])C([2H])([2H])C([2H])([2H])C4([2H])[2H])cc23)c(OC)c1. The number of carbonyl (C=O) groups is 2. The molecule has 1 fully saturated rings. The van der Waals surface area contributed by atoms with E-state index in [0.717, 1.165) is 24.3 Å². The van der Waals surface area contributed by atoms with Gasteiger partial charge in [0.1, 0.15) is 11.8 Å². The van der Waals surface area contributed by atoms with Crippen molar-refractivity contribution in [1.29, 1.82) is 0 Å². The molecule has 0 spiro atoms. The Kier molecular flexibility index (Phi) is 4.44. The van der Waals surface area contributed by atoms with Gasteiger partial charge in [-0.3, -0.25) is 10.1 Å². The van der Waals surface area contributed by atoms with Crippen LogP contribution in [0.2, 0.25) is 0 Å². The Hall–Kier alpha value is -4.31. The molecule has 1 aliphatic rings. The molecule has 1 heterocycles. The normalized spacial score (nSPS) is 25.1. The highest BCUT2D eigenvalue weighted by Crippen LogP contribution is 2.30. The van der Waals surface area contributed by atoms with E-state index in [4.69, 9.17) is 28.7 Å². The molecular formula is C31H33N3O6S. The zero-order valence-electron chi connectivity index (χ0n) is 35.7. The van der Waals surface area contributed by atoms with Crippen molar-refractivity contribution in [2.75, 3.05) is 12.4 Å². The number of nitrogens with one attached hydrogen (secondary N) is 2. The number of fused-ring (bicyclic) bond motifs is 1. The summed E-state index contributed by atoms with van der Waals surface area (Å²) in [5, 5.41) is 2.38. The fourth-order valence-corrected chi connectivity index (χ4v) is 5.17. The van der Waals surface area contributed by atoms with Crippen molar-refractivity contribution in [3.05, 3.63) is 89.1 Å². The van der Waals surface area contributed by atoms with Gasteiger partial charge in [-0.15, -0.1) is 0 Å². The molecule has 1 aromatic heterocycles. The number of benzene rings is 3. The molecule has 4 aromatic rings. The summed E-state index contributed by atoms with van der Waals surface area (Å²) in [5.74, 6) is -1.35. The van der Waals surface area contributed by atoms with E-state index >= 15 is 0 Å². The highest BCUT2D eigenvalue weighted by molar-refractivity contribution is 7.90. The van der Waals surface area contributed by atoms with Gasteiger partial charge in [0.15, 0.2) is 0 Å². The third-order valence-electron chi connectivity index (χ3n) is 5.98. The molecule has 1 aliphatic carbocycles. The fourth-order valence-electron chi connectivity index (χ4n) is 4.08. The lowest BCUT2D eigenvalue weighted by Gasteiger charge is -2.13. The van der Waals surface area contributed by atoms with Crippen LogP contribution in [0.25, 0.3) is 10.9 Å². The number of anilines is 1. The summed E-state index contributed by atoms with van der Waals surface area (Å²) in [6.45, 7) is -2.81. The number of hydrogen-bond acceptors (Lipinski definition) is 6. The molecule has 2 amide bonds. The van der Waals surface area contributed by atoms with Gasteiger partial charge in [-0.25, -0.2) is 17.9 Å². The van der Waals surface area contributed by atoms with Crippen LogP contribution in [0, 0.1) is 6.85 Å². The van der Waals surface area contributed by atoms with Gasteiger partial charge in [-0.2, -0.15) is 0 Å². The van der Waals surface area contributed by atoms with Crippen LogP contribution in [0.4, 0.5) is 10.5 Å². The average Bonchev–Trinajstić information content (AvgIpc) is 3.44. The van der Waals surface area contributed by atoms with Crippen LogP contribution in [-0.2, 0) is 28.2 Å². The minimum atomic E-state index is -4.69. The zero-order chi connectivity index (χ0) is 41.5. The van der Waals surface area contributed by atoms with Crippen molar-refractivity contribution < 1.29 is 46.7 Å². The highest BCUT2D eigenvalue weighted by Gasteiger charge is 2.22. The second kappa shape index (κ2) is 11.7. The van der Waals surface area contributed by atoms with Gasteiger partial charge in [-0.1, -0.05) is 24.3 Å². The van der Waals surface area contributed by atoms with Crippen LogP contribution in [0.5, 0.6) is 5.75 Å². The monoisotopic (exact) mass is 589 g/mol. The number of nitrogens with zero attached hydrogens (tertiary/aromatic N) is 1. The summed E-state index contributed by atoms with van der Waals surface area (Å²) < 4.78 is 153. The van der Waals surface area contributed by atoms with E-state index in [1.807, 2.05) is 4.72 Å². The smallest absolute Gasteiger partial charge is 0.411 e. The van der Waals surface area contributed by atoms with Crippen molar-refractivity contribution in [2.24, 2.45) is 7.05 Å². The molecule has 9 nitrogen and oxygen atoms in total. The van der Waals surface area contributed by atoms with Gasteiger partial charge >= 0.3 is 6.09 Å². The van der Waals surface area contributed by atoms with E-state index in [-0.39, 0.29) is 33.5 Å². The van der Waals surface area contributed by atoms with E-state index in [1.165, 1.54) is 49.7 Å². The summed E-state index contributed by atoms with van der Waals surface area (Å²) in [6, 6.07) is 12.2. The number of ether oxygens (including phenoxy) is 2. The van der Waals surface area contributed by atoms with Crippen LogP contribution in [0.15, 0.2) is 71.8 Å². The molecule has 5 rings (SSSR count). The number of aromatic nitrogens is 1. The molecule has 0 unspecified atom stereocenters. The molecule has 214 valence electrons. The second-order valence-corrected chi connectivity index (χ2v) is 10.4. The standard InChI is InChI=1S/C31H33N3O6S/c1-20-8-4-7-11-29(20)41(37,38)33-30(35)22-13-12-21(28(17-22)39-3)16-23-19-34(2)27-15-14-24(18-26(23)27)32-31(36)40-25-9-5-6-10-25/h4,7-8,11-15,17-19,25H,5-6,9-10,16H2,1-3H3,(H,32,36)(H,33,35)/i1D3,5D2,6D2,9D2,10D2,16D2,25D. The average molecular weight is 590 g/mol. The van der Waals surface area contributed by atoms with Crippen LogP contribution in [0.3, 0.4) is 0 Å². The van der Waals surface area contributed by atoms with Gasteiger partial charge in [0.2, 0.25) is 0 Å². The zero-order valence-corrected chi connectivity index (χ0v) is 22.5. The first-order valence-corrected chi connectivity index (χ1v) is 13.4. The van der Waals surface area contributed by atoms with Crippen molar-refractivity contribution in [3.8, 4) is 5.75 Å². The van der Waals surface area contributed by atoms with Gasteiger partial charge in [-0.05, 0) is 85.4 Å². The van der Waals surface area contributed by atoms with Crippen LogP contribution >= 0.6 is 0 Å². The van der Waals surface area contributed by atoms with Crippen molar-refractivity contribution in [2.45, 2.75) is 49.7 Å². The Morgan fingerprint density at radius 3 is 2.66 bits per heavy atom. The molecule has 0 atom stereocenters. The summed E-state index contributed by atoms with van der Waals surface area (Å²) in [5.41, 5.74) is -0.610. The molecule has 1 saturated carbocycles. The number of amides is 2. The Morgan fingerprint density at radius 1 is 1.12 bits per heavy atom. The third kappa shape index (κ3) is 6.22. The maximum Gasteiger partial charge on any atom is 0.411 e. The Balaban J connectivity index is 1.45. The van der Waals surface area contributed by atoms with E-state index in [2.05, 4.69) is 5.32 Å². The molecule has 2 N–H and O–H groups in total. The lowest BCUT2D eigenvalue weighted by Crippen LogP contribution is -2.31. The van der Waals surface area contributed by atoms with E-state index in [9.17, 15) is 18.0 Å². The largest absolute Gasteiger partial charge is 0.496 e. The molecule has 3 aromatic carbocycles. The number of hydrogen-bond donors (Lipinski definition) is 2. The molecule has 0 radical (unpaired) electrons. The number of sulfonamides is 1. The predicted molar refractivity (Wildman–Crippen MR) is 157 cm³/mol. The minimum absolute atomic E-state index is 0.0109. The fraction of sp³-hybridized carbons (Fsp3) is 0.290. The molecular weight excluding hydrogens is 542 g/mol. The Morgan fingerprint density at radius 2 is 1.90 bits per heavy atom. The number of methoxy groups -OCH3 is 1. The van der Waals surface area contributed by atoms with Crippen LogP contribution in [-0.4, -0.2) is 38.2 Å². The van der Waals surface area contributed by atoms with Gasteiger partial charge in [0.25, 0.3) is 15.9 Å². The lowest BCUT2D eigenvalue weighted by atomic mass is 10.0. The predicted octanol–water partition coefficient (Wildman–Crippen LogP) is 5.70. The number of rotatable bonds is 8. The maximum absolute atomic E-state index is 13.1. The first-order valence-electron chi connectivity index (χ1n) is 18.9. The van der Waals surface area contributed by atoms with Crippen LogP contribution in [0.1, 0.15) is 71.7 Å². The quantitative estimate of drug-likeness (QED) is 0.273. The van der Waals surface area contributed by atoms with E-state index in [1.54, 1.807) is 11.6 Å². The summed E-state index contributed by atoms with van der Waals surface area (Å²) >= 11 is 0. The second-order valence-electron chi connectivity index (χ2n) is 8.70. The summed E-state index contributed by atoms with van der Waals surface area (Å²) in [7, 11) is -1.91. The summed E-state index contributed by atoms with van der Waals surface area (Å²) in [4.78, 5) is 25.5. The lowest BCUT2D eigenvalue weighted by molar-refractivity contribution is 0.0980. The molecule has 0 aliphatic heterocycles. The van der Waals surface area contributed by atoms with Crippen molar-refractivity contribution in [1.82, 2.24) is 9.29 Å². The van der Waals surface area contributed by atoms with E-state index in [0.29, 0.717) is 5.52 Å². The van der Waals surface area contributed by atoms with E-state index < -0.39 is 77.3 Å². The first kappa shape index (κ1) is 15.6. The van der Waals surface area contributed by atoms with Crippen molar-refractivity contribution >= 4 is 38.6 Å². The third-order valence-corrected chi connectivity index (χ3v) is 7.37. The number of carbonyl (C=O) groups excluding carboxylic acids is 2. The summed E-state index contributed by atoms with van der Waals surface area (Å²) in [6.07, 6.45) is -20.8. The molecule has 0 saturated heterocycles. The van der Waals surface area contributed by atoms with Gasteiger partial charge < -0.3 is 14.0 Å². The molecule has 0 bridgehead atoms. The van der Waals surface area contributed by atoms with Gasteiger partial charge in [0.05, 0.1) is 13.4 Å². The minimum Gasteiger partial charge on any atom is -0.496 e. The number of aryl methyl sites for hydroxylation is 2. The topological polar surface area (TPSA) is 116 Å². The highest BCUT2D eigenvalue weighted by atomic mass is 32.2.